The zero-order valence-corrected chi connectivity index (χ0v) is 12.1. The van der Waals surface area contributed by atoms with Gasteiger partial charge in [-0.15, -0.1) is 0 Å². The van der Waals surface area contributed by atoms with Crippen LogP contribution < -0.4 is 10.1 Å². The molecule has 0 atom stereocenters. The number of hydrogen-bond acceptors (Lipinski definition) is 3. The molecule has 0 heterocycles. The lowest BCUT2D eigenvalue weighted by atomic mass is 10.1. The van der Waals surface area contributed by atoms with Crippen LogP contribution >= 0.6 is 0 Å². The van der Waals surface area contributed by atoms with Crippen LogP contribution in [0.25, 0.3) is 0 Å². The molecule has 1 amide bonds. The molecule has 0 saturated carbocycles. The minimum atomic E-state index is -0.301. The molecule has 0 aliphatic rings. The molecule has 0 fully saturated rings. The Labute approximate surface area is 123 Å². The number of ether oxygens (including phenoxy) is 1. The molecule has 0 saturated heterocycles. The van der Waals surface area contributed by atoms with Crippen molar-refractivity contribution in [2.45, 2.75) is 20.3 Å². The molecule has 4 nitrogen and oxygen atoms in total. The Hall–Kier alpha value is -2.62. The lowest BCUT2D eigenvalue weighted by Crippen LogP contribution is -2.13. The van der Waals surface area contributed by atoms with Crippen LogP contribution in [-0.2, 0) is 4.79 Å². The van der Waals surface area contributed by atoms with Crippen LogP contribution in [0, 0.1) is 6.92 Å². The van der Waals surface area contributed by atoms with Gasteiger partial charge in [-0.3, -0.25) is 9.59 Å². The summed E-state index contributed by atoms with van der Waals surface area (Å²) in [4.78, 5) is 23.5. The number of nitrogens with one attached hydrogen (secondary N) is 1. The molecule has 0 aliphatic heterocycles. The molecule has 0 spiro atoms. The highest BCUT2D eigenvalue weighted by Gasteiger charge is 2.11. The fourth-order valence-electron chi connectivity index (χ4n) is 1.84. The molecule has 2 aromatic rings. The van der Waals surface area contributed by atoms with Gasteiger partial charge in [0.25, 0.3) is 5.91 Å². The first-order valence-electron chi connectivity index (χ1n) is 6.78. The Kier molecular flexibility index (Phi) is 4.72. The molecule has 0 aromatic heterocycles. The van der Waals surface area contributed by atoms with Gasteiger partial charge in [0.2, 0.25) is 0 Å². The Morgan fingerprint density at radius 1 is 1.05 bits per heavy atom. The highest BCUT2D eigenvalue weighted by atomic mass is 16.5. The molecule has 21 heavy (non-hydrogen) atoms. The Balaban J connectivity index is 2.19. The summed E-state index contributed by atoms with van der Waals surface area (Å²) >= 11 is 0. The SMILES string of the molecule is CCC(=O)Oc1cccc(NC(=O)c2ccccc2)c1C. The minimum Gasteiger partial charge on any atom is -0.426 e. The van der Waals surface area contributed by atoms with Crippen molar-refractivity contribution >= 4 is 17.6 Å². The second-order valence-corrected chi connectivity index (χ2v) is 4.58. The van der Waals surface area contributed by atoms with Gasteiger partial charge in [0, 0.05) is 23.2 Å². The lowest BCUT2D eigenvalue weighted by molar-refractivity contribution is -0.134. The predicted molar refractivity (Wildman–Crippen MR) is 81.5 cm³/mol. The molecule has 1 N–H and O–H groups in total. The second-order valence-electron chi connectivity index (χ2n) is 4.58. The summed E-state index contributed by atoms with van der Waals surface area (Å²) in [6.07, 6.45) is 0.306. The van der Waals surface area contributed by atoms with E-state index in [1.54, 1.807) is 56.3 Å². The van der Waals surface area contributed by atoms with Crippen LogP contribution in [0.3, 0.4) is 0 Å². The van der Waals surface area contributed by atoms with Crippen molar-refractivity contribution < 1.29 is 14.3 Å². The van der Waals surface area contributed by atoms with Gasteiger partial charge in [-0.25, -0.2) is 0 Å². The Morgan fingerprint density at radius 2 is 1.76 bits per heavy atom. The molecule has 0 radical (unpaired) electrons. The zero-order chi connectivity index (χ0) is 15.2. The van der Waals surface area contributed by atoms with Crippen LogP contribution in [0.2, 0.25) is 0 Å². The van der Waals surface area contributed by atoms with Crippen LogP contribution in [-0.4, -0.2) is 11.9 Å². The van der Waals surface area contributed by atoms with Gasteiger partial charge in [-0.1, -0.05) is 31.2 Å². The topological polar surface area (TPSA) is 55.4 Å². The van der Waals surface area contributed by atoms with Gasteiger partial charge in [0.05, 0.1) is 0 Å². The number of rotatable bonds is 4. The van der Waals surface area contributed by atoms with E-state index in [9.17, 15) is 9.59 Å². The fourth-order valence-corrected chi connectivity index (χ4v) is 1.84. The third kappa shape index (κ3) is 3.69. The number of hydrogen-bond donors (Lipinski definition) is 1. The molecule has 0 bridgehead atoms. The van der Waals surface area contributed by atoms with Crippen molar-refractivity contribution in [2.24, 2.45) is 0 Å². The maximum Gasteiger partial charge on any atom is 0.310 e. The molecule has 4 heteroatoms. The highest BCUT2D eigenvalue weighted by Crippen LogP contribution is 2.26. The average molecular weight is 283 g/mol. The van der Waals surface area contributed by atoms with Gasteiger partial charge < -0.3 is 10.1 Å². The highest BCUT2D eigenvalue weighted by molar-refractivity contribution is 6.04. The van der Waals surface area contributed by atoms with Crippen molar-refractivity contribution in [2.75, 3.05) is 5.32 Å². The number of benzene rings is 2. The van der Waals surface area contributed by atoms with E-state index in [4.69, 9.17) is 4.74 Å². The van der Waals surface area contributed by atoms with Gasteiger partial charge >= 0.3 is 5.97 Å². The van der Waals surface area contributed by atoms with Crippen molar-refractivity contribution in [3.63, 3.8) is 0 Å². The largest absolute Gasteiger partial charge is 0.426 e. The average Bonchev–Trinajstić information content (AvgIpc) is 2.52. The number of anilines is 1. The quantitative estimate of drug-likeness (QED) is 0.689. The van der Waals surface area contributed by atoms with Gasteiger partial charge in [-0.05, 0) is 31.2 Å². The smallest absolute Gasteiger partial charge is 0.310 e. The van der Waals surface area contributed by atoms with E-state index < -0.39 is 0 Å². The van der Waals surface area contributed by atoms with E-state index in [2.05, 4.69) is 5.32 Å². The predicted octanol–water partition coefficient (Wildman–Crippen LogP) is 3.56. The summed E-state index contributed by atoms with van der Waals surface area (Å²) in [6.45, 7) is 3.54. The summed E-state index contributed by atoms with van der Waals surface area (Å²) in [5.74, 6) is -0.0324. The van der Waals surface area contributed by atoms with Crippen LogP contribution in [0.15, 0.2) is 48.5 Å². The van der Waals surface area contributed by atoms with Gasteiger partial charge in [0.1, 0.15) is 5.75 Å². The molecule has 2 aromatic carbocycles. The van der Waals surface area contributed by atoms with Gasteiger partial charge in [0.15, 0.2) is 0 Å². The summed E-state index contributed by atoms with van der Waals surface area (Å²) in [6, 6.07) is 14.2. The van der Waals surface area contributed by atoms with Crippen molar-refractivity contribution in [1.29, 1.82) is 0 Å². The van der Waals surface area contributed by atoms with Gasteiger partial charge in [-0.2, -0.15) is 0 Å². The third-order valence-electron chi connectivity index (χ3n) is 3.08. The number of carbonyl (C=O) groups is 2. The van der Waals surface area contributed by atoms with Crippen LogP contribution in [0.4, 0.5) is 5.69 Å². The fraction of sp³-hybridized carbons (Fsp3) is 0.176. The monoisotopic (exact) mass is 283 g/mol. The molecule has 2 rings (SSSR count). The second kappa shape index (κ2) is 6.70. The van der Waals surface area contributed by atoms with E-state index in [0.29, 0.717) is 23.4 Å². The van der Waals surface area contributed by atoms with Crippen LogP contribution in [0.1, 0.15) is 29.3 Å². The summed E-state index contributed by atoms with van der Waals surface area (Å²) < 4.78 is 5.23. The van der Waals surface area contributed by atoms with Crippen molar-refractivity contribution in [3.05, 3.63) is 59.7 Å². The molecular formula is C17H17NO3. The first kappa shape index (κ1) is 14.8. The summed E-state index contributed by atoms with van der Waals surface area (Å²) in [5.41, 5.74) is 1.93. The molecule has 0 unspecified atom stereocenters. The standard InChI is InChI=1S/C17H17NO3/c1-3-16(19)21-15-11-7-10-14(12(15)2)18-17(20)13-8-5-4-6-9-13/h4-11H,3H2,1-2H3,(H,18,20). The Bertz CT molecular complexity index is 650. The Morgan fingerprint density at radius 3 is 2.43 bits per heavy atom. The third-order valence-corrected chi connectivity index (χ3v) is 3.08. The van der Waals surface area contributed by atoms with Crippen LogP contribution in [0.5, 0.6) is 5.75 Å². The zero-order valence-electron chi connectivity index (χ0n) is 12.1. The minimum absolute atomic E-state index is 0.197. The van der Waals surface area contributed by atoms with E-state index in [1.165, 1.54) is 0 Å². The molecular weight excluding hydrogens is 266 g/mol. The molecule has 108 valence electrons. The summed E-state index contributed by atoms with van der Waals surface area (Å²) in [5, 5.41) is 2.83. The van der Waals surface area contributed by atoms with Crippen molar-refractivity contribution in [3.8, 4) is 5.75 Å². The lowest BCUT2D eigenvalue weighted by Gasteiger charge is -2.12. The van der Waals surface area contributed by atoms with Crippen molar-refractivity contribution in [1.82, 2.24) is 0 Å². The molecule has 0 aliphatic carbocycles. The van der Waals surface area contributed by atoms with E-state index in [-0.39, 0.29) is 11.9 Å². The maximum atomic E-state index is 12.1. The maximum absolute atomic E-state index is 12.1. The number of amides is 1. The number of carbonyl (C=O) groups excluding carboxylic acids is 2. The van der Waals surface area contributed by atoms with E-state index >= 15 is 0 Å². The normalized spacial score (nSPS) is 10.0. The first-order chi connectivity index (χ1) is 10.1. The van der Waals surface area contributed by atoms with E-state index in [0.717, 1.165) is 5.56 Å². The number of esters is 1. The first-order valence-corrected chi connectivity index (χ1v) is 6.78. The summed E-state index contributed by atoms with van der Waals surface area (Å²) in [7, 11) is 0. The van der Waals surface area contributed by atoms with E-state index in [1.807, 2.05) is 6.07 Å².